The summed E-state index contributed by atoms with van der Waals surface area (Å²) >= 11 is 0. The van der Waals surface area contributed by atoms with Crippen LogP contribution >= 0.6 is 24.0 Å². The molecule has 1 saturated carbocycles. The van der Waals surface area contributed by atoms with Crippen LogP contribution in [0.2, 0.25) is 0 Å². The van der Waals surface area contributed by atoms with Crippen LogP contribution in [0.4, 0.5) is 0 Å². The first-order chi connectivity index (χ1) is 10.3. The van der Waals surface area contributed by atoms with Crippen LogP contribution in [0.25, 0.3) is 0 Å². The van der Waals surface area contributed by atoms with Crippen molar-refractivity contribution in [3.63, 3.8) is 0 Å². The summed E-state index contributed by atoms with van der Waals surface area (Å²) < 4.78 is 11.3. The number of ether oxygens (including phenoxy) is 2. The highest BCUT2D eigenvalue weighted by molar-refractivity contribution is 14.0. The smallest absolute Gasteiger partial charge is 0.193 e. The molecule has 2 aliphatic heterocycles. The van der Waals surface area contributed by atoms with Gasteiger partial charge in [0.2, 0.25) is 0 Å². The molecule has 5 nitrogen and oxygen atoms in total. The fourth-order valence-electron chi connectivity index (χ4n) is 3.33. The molecular formula is C16H30IN3O2. The third kappa shape index (κ3) is 4.96. The Kier molecular flexibility index (Phi) is 7.21. The van der Waals surface area contributed by atoms with Crippen LogP contribution in [0.15, 0.2) is 4.99 Å². The Morgan fingerprint density at radius 3 is 2.95 bits per heavy atom. The predicted octanol–water partition coefficient (Wildman–Crippen LogP) is 2.11. The summed E-state index contributed by atoms with van der Waals surface area (Å²) in [7, 11) is 1.88. The van der Waals surface area contributed by atoms with Gasteiger partial charge in [-0.2, -0.15) is 0 Å². The second-order valence-electron chi connectivity index (χ2n) is 6.82. The Balaban J connectivity index is 0.00000176. The molecular weight excluding hydrogens is 393 g/mol. The van der Waals surface area contributed by atoms with E-state index in [9.17, 15) is 0 Å². The highest BCUT2D eigenvalue weighted by atomic mass is 127. The van der Waals surface area contributed by atoms with E-state index in [1.165, 1.54) is 25.7 Å². The predicted molar refractivity (Wildman–Crippen MR) is 99.0 cm³/mol. The summed E-state index contributed by atoms with van der Waals surface area (Å²) in [5, 5.41) is 3.48. The zero-order valence-corrected chi connectivity index (χ0v) is 16.0. The van der Waals surface area contributed by atoms with Crippen LogP contribution in [0.3, 0.4) is 0 Å². The molecule has 6 heteroatoms. The molecule has 2 heterocycles. The van der Waals surface area contributed by atoms with Crippen LogP contribution in [-0.2, 0) is 9.47 Å². The maximum Gasteiger partial charge on any atom is 0.193 e. The van der Waals surface area contributed by atoms with Gasteiger partial charge < -0.3 is 19.7 Å². The molecule has 0 radical (unpaired) electrons. The SMILES string of the molecule is CN=C(NCCCOCC1CC1)N1CCC2(CCOC2)C1.I. The van der Waals surface area contributed by atoms with Gasteiger partial charge in [0.1, 0.15) is 0 Å². The lowest BCUT2D eigenvalue weighted by Crippen LogP contribution is -2.42. The van der Waals surface area contributed by atoms with E-state index >= 15 is 0 Å². The quantitative estimate of drug-likeness (QED) is 0.308. The van der Waals surface area contributed by atoms with Gasteiger partial charge in [-0.1, -0.05) is 0 Å². The van der Waals surface area contributed by atoms with Gasteiger partial charge in [-0.05, 0) is 38.0 Å². The van der Waals surface area contributed by atoms with Crippen molar-refractivity contribution in [3.05, 3.63) is 0 Å². The van der Waals surface area contributed by atoms with Crippen molar-refractivity contribution in [2.45, 2.75) is 32.1 Å². The van der Waals surface area contributed by atoms with Gasteiger partial charge >= 0.3 is 0 Å². The van der Waals surface area contributed by atoms with E-state index in [1.807, 2.05) is 7.05 Å². The van der Waals surface area contributed by atoms with Crippen molar-refractivity contribution < 1.29 is 9.47 Å². The summed E-state index contributed by atoms with van der Waals surface area (Å²) in [5.74, 6) is 1.90. The molecule has 0 bridgehead atoms. The number of aliphatic imine (C=N–C) groups is 1. The molecule has 0 aromatic heterocycles. The summed E-state index contributed by atoms with van der Waals surface area (Å²) in [6.07, 6.45) is 6.22. The lowest BCUT2D eigenvalue weighted by atomic mass is 9.87. The lowest BCUT2D eigenvalue weighted by molar-refractivity contribution is 0.122. The van der Waals surface area contributed by atoms with E-state index in [-0.39, 0.29) is 24.0 Å². The van der Waals surface area contributed by atoms with E-state index in [0.29, 0.717) is 5.41 Å². The fraction of sp³-hybridized carbons (Fsp3) is 0.938. The minimum absolute atomic E-state index is 0. The number of hydrogen-bond acceptors (Lipinski definition) is 3. The minimum atomic E-state index is 0. The second-order valence-corrected chi connectivity index (χ2v) is 6.82. The molecule has 1 aliphatic carbocycles. The van der Waals surface area contributed by atoms with Gasteiger partial charge in [0, 0.05) is 51.9 Å². The number of guanidine groups is 1. The van der Waals surface area contributed by atoms with Crippen molar-refractivity contribution in [1.82, 2.24) is 10.2 Å². The summed E-state index contributed by atoms with van der Waals surface area (Å²) in [6, 6.07) is 0. The summed E-state index contributed by atoms with van der Waals surface area (Å²) in [6.45, 7) is 6.80. The first-order valence-electron chi connectivity index (χ1n) is 8.42. The Labute approximate surface area is 151 Å². The van der Waals surface area contributed by atoms with Gasteiger partial charge in [-0.3, -0.25) is 4.99 Å². The highest BCUT2D eigenvalue weighted by Crippen LogP contribution is 2.38. The first kappa shape index (κ1) is 18.3. The van der Waals surface area contributed by atoms with Crippen LogP contribution in [0.1, 0.15) is 32.1 Å². The maximum absolute atomic E-state index is 5.66. The average molecular weight is 423 g/mol. The third-order valence-electron chi connectivity index (χ3n) is 4.93. The Morgan fingerprint density at radius 2 is 2.27 bits per heavy atom. The molecule has 0 amide bonds. The molecule has 1 N–H and O–H groups in total. The maximum atomic E-state index is 5.66. The standard InChI is InChI=1S/C16H29N3O2.HI/c1-17-15(18-7-2-9-20-11-14-3-4-14)19-8-5-16(12-19)6-10-21-13-16;/h14H,2-13H2,1H3,(H,17,18);1H. The number of rotatable bonds is 6. The van der Waals surface area contributed by atoms with Crippen LogP contribution in [0, 0.1) is 11.3 Å². The Morgan fingerprint density at radius 1 is 1.41 bits per heavy atom. The largest absolute Gasteiger partial charge is 0.381 e. The molecule has 3 rings (SSSR count). The van der Waals surface area contributed by atoms with Crippen molar-refractivity contribution in [1.29, 1.82) is 0 Å². The Bertz CT molecular complexity index is 368. The molecule has 0 aromatic rings. The van der Waals surface area contributed by atoms with Crippen LogP contribution < -0.4 is 5.32 Å². The van der Waals surface area contributed by atoms with E-state index < -0.39 is 0 Å². The molecule has 22 heavy (non-hydrogen) atoms. The number of nitrogens with zero attached hydrogens (tertiary/aromatic N) is 2. The van der Waals surface area contributed by atoms with Gasteiger partial charge in [-0.25, -0.2) is 0 Å². The fourth-order valence-corrected chi connectivity index (χ4v) is 3.33. The Hall–Kier alpha value is -0.0800. The van der Waals surface area contributed by atoms with Crippen molar-refractivity contribution in [2.75, 3.05) is 53.1 Å². The van der Waals surface area contributed by atoms with Crippen molar-refractivity contribution in [3.8, 4) is 0 Å². The lowest BCUT2D eigenvalue weighted by Gasteiger charge is -2.24. The summed E-state index contributed by atoms with van der Waals surface area (Å²) in [4.78, 5) is 6.82. The van der Waals surface area contributed by atoms with Gasteiger partial charge in [-0.15, -0.1) is 24.0 Å². The average Bonchev–Trinajstić information content (AvgIpc) is 3.06. The number of hydrogen-bond donors (Lipinski definition) is 1. The highest BCUT2D eigenvalue weighted by Gasteiger charge is 2.42. The topological polar surface area (TPSA) is 46.1 Å². The third-order valence-corrected chi connectivity index (χ3v) is 4.93. The van der Waals surface area contributed by atoms with Gasteiger partial charge in [0.05, 0.1) is 6.61 Å². The molecule has 3 aliphatic rings. The second kappa shape index (κ2) is 8.68. The van der Waals surface area contributed by atoms with Crippen molar-refractivity contribution >= 4 is 29.9 Å². The van der Waals surface area contributed by atoms with Crippen LogP contribution in [-0.4, -0.2) is 64.0 Å². The number of likely N-dealkylation sites (tertiary alicyclic amines) is 1. The summed E-state index contributed by atoms with van der Waals surface area (Å²) in [5.41, 5.74) is 0.394. The molecule has 2 saturated heterocycles. The van der Waals surface area contributed by atoms with E-state index in [1.54, 1.807) is 0 Å². The normalized spacial score (nSPS) is 28.2. The van der Waals surface area contributed by atoms with Gasteiger partial charge in [0.25, 0.3) is 0 Å². The molecule has 1 spiro atoms. The van der Waals surface area contributed by atoms with E-state index in [4.69, 9.17) is 9.47 Å². The first-order valence-corrected chi connectivity index (χ1v) is 8.42. The minimum Gasteiger partial charge on any atom is -0.381 e. The van der Waals surface area contributed by atoms with Gasteiger partial charge in [0.15, 0.2) is 5.96 Å². The molecule has 3 fully saturated rings. The molecule has 128 valence electrons. The van der Waals surface area contributed by atoms with Crippen LogP contribution in [0.5, 0.6) is 0 Å². The monoisotopic (exact) mass is 423 g/mol. The zero-order chi connectivity index (χ0) is 14.5. The van der Waals surface area contributed by atoms with Crippen molar-refractivity contribution in [2.24, 2.45) is 16.3 Å². The molecule has 0 aromatic carbocycles. The number of halogens is 1. The van der Waals surface area contributed by atoms with E-state index in [0.717, 1.165) is 64.4 Å². The molecule has 1 atom stereocenters. The molecule has 1 unspecified atom stereocenters. The number of nitrogens with one attached hydrogen (secondary N) is 1. The van der Waals surface area contributed by atoms with E-state index in [2.05, 4.69) is 15.2 Å². The zero-order valence-electron chi connectivity index (χ0n) is 13.7.